The predicted octanol–water partition coefficient (Wildman–Crippen LogP) is -0.0818. The number of aromatic nitrogens is 4. The molecule has 3 heterocycles. The van der Waals surface area contributed by atoms with Crippen LogP contribution in [0, 0.1) is 5.41 Å². The maximum absolute atomic E-state index is 12.7. The van der Waals surface area contributed by atoms with Crippen LogP contribution in [0.5, 0.6) is 0 Å². The van der Waals surface area contributed by atoms with Gasteiger partial charge in [0.2, 0.25) is 0 Å². The summed E-state index contributed by atoms with van der Waals surface area (Å²) < 4.78 is 4.39. The van der Waals surface area contributed by atoms with Crippen LogP contribution in [0.3, 0.4) is 0 Å². The monoisotopic (exact) mass is 349 g/mol. The largest absolute Gasteiger partial charge is 0.396 e. The molecule has 0 amide bonds. The van der Waals surface area contributed by atoms with E-state index in [0.717, 1.165) is 38.9 Å². The first-order chi connectivity index (χ1) is 11.9. The van der Waals surface area contributed by atoms with Gasteiger partial charge in [-0.2, -0.15) is 0 Å². The van der Waals surface area contributed by atoms with Gasteiger partial charge in [-0.15, -0.1) is 0 Å². The minimum absolute atomic E-state index is 0.0428. The van der Waals surface area contributed by atoms with Gasteiger partial charge in [-0.05, 0) is 32.4 Å². The van der Waals surface area contributed by atoms with E-state index in [4.69, 9.17) is 0 Å². The normalized spacial score (nSPS) is 21.9. The Balaban J connectivity index is 1.75. The van der Waals surface area contributed by atoms with Crippen LogP contribution in [0.1, 0.15) is 26.2 Å². The van der Waals surface area contributed by atoms with Gasteiger partial charge < -0.3 is 14.6 Å². The van der Waals surface area contributed by atoms with Crippen LogP contribution in [0.25, 0.3) is 11.2 Å². The van der Waals surface area contributed by atoms with Gasteiger partial charge in [0.25, 0.3) is 5.56 Å². The molecular formula is C17H27N5O3. The molecule has 8 heteroatoms. The summed E-state index contributed by atoms with van der Waals surface area (Å²) in [5, 5.41) is 9.56. The van der Waals surface area contributed by atoms with Crippen molar-refractivity contribution in [2.75, 3.05) is 26.2 Å². The number of fused-ring (bicyclic) bond motifs is 1. The van der Waals surface area contributed by atoms with Crippen molar-refractivity contribution in [2.45, 2.75) is 32.7 Å². The van der Waals surface area contributed by atoms with Crippen molar-refractivity contribution in [3.05, 3.63) is 27.2 Å². The van der Waals surface area contributed by atoms with Gasteiger partial charge >= 0.3 is 5.69 Å². The van der Waals surface area contributed by atoms with Crippen molar-refractivity contribution < 1.29 is 5.11 Å². The maximum Gasteiger partial charge on any atom is 0.332 e. The fourth-order valence-corrected chi connectivity index (χ4v) is 3.79. The maximum atomic E-state index is 12.7. The molecule has 2 aromatic rings. The van der Waals surface area contributed by atoms with E-state index in [0.29, 0.717) is 17.7 Å². The fraction of sp³-hybridized carbons (Fsp3) is 0.706. The number of rotatable bonds is 5. The number of hydrogen-bond acceptors (Lipinski definition) is 5. The van der Waals surface area contributed by atoms with Gasteiger partial charge in [-0.25, -0.2) is 9.78 Å². The molecule has 0 spiro atoms. The topological polar surface area (TPSA) is 85.3 Å². The van der Waals surface area contributed by atoms with E-state index in [1.165, 1.54) is 9.13 Å². The van der Waals surface area contributed by atoms with E-state index in [2.05, 4.69) is 16.8 Å². The third-order valence-electron chi connectivity index (χ3n) is 5.30. The number of nitrogens with zero attached hydrogens (tertiary/aromatic N) is 5. The molecule has 1 aliphatic rings. The fourth-order valence-electron chi connectivity index (χ4n) is 3.79. The second kappa shape index (κ2) is 6.76. The molecule has 0 saturated carbocycles. The highest BCUT2D eigenvalue weighted by Gasteiger charge is 2.29. The van der Waals surface area contributed by atoms with E-state index in [1.807, 2.05) is 0 Å². The van der Waals surface area contributed by atoms with Crippen molar-refractivity contribution in [3.63, 3.8) is 0 Å². The van der Waals surface area contributed by atoms with E-state index in [-0.39, 0.29) is 23.3 Å². The summed E-state index contributed by atoms with van der Waals surface area (Å²) in [6.45, 7) is 5.37. The Labute approximate surface area is 146 Å². The average Bonchev–Trinajstić information content (AvgIpc) is 2.98. The molecule has 1 unspecified atom stereocenters. The Morgan fingerprint density at radius 1 is 1.28 bits per heavy atom. The van der Waals surface area contributed by atoms with Crippen LogP contribution in [-0.2, 0) is 20.6 Å². The second-order valence-electron chi connectivity index (χ2n) is 7.53. The van der Waals surface area contributed by atoms with E-state index < -0.39 is 0 Å². The molecule has 0 bridgehead atoms. The van der Waals surface area contributed by atoms with Gasteiger partial charge in [0.05, 0.1) is 6.33 Å². The first-order valence-electron chi connectivity index (χ1n) is 8.80. The highest BCUT2D eigenvalue weighted by molar-refractivity contribution is 5.69. The van der Waals surface area contributed by atoms with Crippen molar-refractivity contribution in [1.29, 1.82) is 0 Å². The third-order valence-corrected chi connectivity index (χ3v) is 5.30. The summed E-state index contributed by atoms with van der Waals surface area (Å²) in [5.41, 5.74) is 0.224. The average molecular weight is 349 g/mol. The molecular weight excluding hydrogens is 322 g/mol. The van der Waals surface area contributed by atoms with Crippen LogP contribution < -0.4 is 11.2 Å². The number of aliphatic hydroxyl groups is 1. The lowest BCUT2D eigenvalue weighted by Crippen LogP contribution is -2.45. The van der Waals surface area contributed by atoms with Crippen molar-refractivity contribution in [3.8, 4) is 0 Å². The number of hydrogen-bond donors (Lipinski definition) is 1. The highest BCUT2D eigenvalue weighted by atomic mass is 16.3. The molecule has 138 valence electrons. The minimum Gasteiger partial charge on any atom is -0.396 e. The Kier molecular flexibility index (Phi) is 4.83. The standard InChI is InChI=1S/C17H27N5O3/c1-17(11-23)6-4-7-21(10-17)8-5-9-22-15(24)13-14(18-12-19(13)2)20(3)16(22)25/h12,23H,4-11H2,1-3H3. The molecule has 2 aromatic heterocycles. The first kappa shape index (κ1) is 17.9. The molecule has 0 aliphatic carbocycles. The Morgan fingerprint density at radius 2 is 2.04 bits per heavy atom. The molecule has 1 atom stereocenters. The van der Waals surface area contributed by atoms with Gasteiger partial charge in [-0.1, -0.05) is 6.92 Å². The molecule has 3 rings (SSSR count). The summed E-state index contributed by atoms with van der Waals surface area (Å²) in [5.74, 6) is 0. The lowest BCUT2D eigenvalue weighted by Gasteiger charge is -2.39. The molecule has 1 fully saturated rings. The number of likely N-dealkylation sites (tertiary alicyclic amines) is 1. The summed E-state index contributed by atoms with van der Waals surface area (Å²) in [7, 11) is 3.40. The number of piperidine rings is 1. The van der Waals surface area contributed by atoms with Gasteiger partial charge in [0, 0.05) is 39.2 Å². The summed E-state index contributed by atoms with van der Waals surface area (Å²) in [6, 6.07) is 0. The summed E-state index contributed by atoms with van der Waals surface area (Å²) in [4.78, 5) is 31.6. The Hall–Kier alpha value is -1.93. The quantitative estimate of drug-likeness (QED) is 0.816. The second-order valence-corrected chi connectivity index (χ2v) is 7.53. The number of aryl methyl sites for hydroxylation is 2. The first-order valence-corrected chi connectivity index (χ1v) is 8.80. The Morgan fingerprint density at radius 3 is 2.76 bits per heavy atom. The molecule has 1 saturated heterocycles. The smallest absolute Gasteiger partial charge is 0.332 e. The zero-order chi connectivity index (χ0) is 18.2. The molecule has 25 heavy (non-hydrogen) atoms. The highest BCUT2D eigenvalue weighted by Crippen LogP contribution is 2.28. The molecule has 0 radical (unpaired) electrons. The van der Waals surface area contributed by atoms with Gasteiger partial charge in [0.1, 0.15) is 0 Å². The van der Waals surface area contributed by atoms with E-state index in [9.17, 15) is 14.7 Å². The number of imidazole rings is 1. The van der Waals surface area contributed by atoms with Crippen molar-refractivity contribution in [1.82, 2.24) is 23.6 Å². The molecule has 1 aliphatic heterocycles. The van der Waals surface area contributed by atoms with Crippen LogP contribution in [0.15, 0.2) is 15.9 Å². The molecule has 1 N–H and O–H groups in total. The van der Waals surface area contributed by atoms with Crippen molar-refractivity contribution in [2.24, 2.45) is 19.5 Å². The van der Waals surface area contributed by atoms with E-state index in [1.54, 1.807) is 25.0 Å². The van der Waals surface area contributed by atoms with Gasteiger partial charge in [0.15, 0.2) is 11.2 Å². The zero-order valence-corrected chi connectivity index (χ0v) is 15.2. The zero-order valence-electron chi connectivity index (χ0n) is 15.2. The lowest BCUT2D eigenvalue weighted by atomic mass is 9.83. The molecule has 8 nitrogen and oxygen atoms in total. The van der Waals surface area contributed by atoms with Crippen LogP contribution in [-0.4, -0.2) is 54.9 Å². The van der Waals surface area contributed by atoms with Crippen molar-refractivity contribution >= 4 is 11.2 Å². The predicted molar refractivity (Wildman–Crippen MR) is 95.7 cm³/mol. The van der Waals surface area contributed by atoms with Crippen LogP contribution >= 0.6 is 0 Å². The SMILES string of the molecule is Cn1cnc2c1c(=O)n(CCCN1CCCC(C)(CO)C1)c(=O)n2C. The van der Waals surface area contributed by atoms with Crippen LogP contribution in [0.2, 0.25) is 0 Å². The van der Waals surface area contributed by atoms with Gasteiger partial charge in [-0.3, -0.25) is 13.9 Å². The minimum atomic E-state index is -0.324. The van der Waals surface area contributed by atoms with Crippen LogP contribution in [0.4, 0.5) is 0 Å². The Bertz CT molecular complexity index is 881. The van der Waals surface area contributed by atoms with E-state index >= 15 is 0 Å². The summed E-state index contributed by atoms with van der Waals surface area (Å²) >= 11 is 0. The lowest BCUT2D eigenvalue weighted by molar-refractivity contribution is 0.0456. The third kappa shape index (κ3) is 3.28. The molecule has 0 aromatic carbocycles. The summed E-state index contributed by atoms with van der Waals surface area (Å²) in [6.07, 6.45) is 4.39. The number of aliphatic hydroxyl groups excluding tert-OH is 1.